The number of nitrogens with zero attached hydrogens (tertiary/aromatic N) is 2. The molecule has 0 saturated heterocycles. The van der Waals surface area contributed by atoms with Gasteiger partial charge in [0.15, 0.2) is 0 Å². The highest BCUT2D eigenvalue weighted by Crippen LogP contribution is 2.22. The molecular formula is C11H14N2O3. The average Bonchev–Trinajstić information content (AvgIpc) is 2.16. The molecule has 1 aromatic rings. The van der Waals surface area contributed by atoms with Crippen LogP contribution in [-0.2, 0) is 11.2 Å². The normalized spacial score (nSPS) is 10.5. The van der Waals surface area contributed by atoms with E-state index in [1.54, 1.807) is 26.8 Å². The molecule has 0 N–H and O–H groups in total. The third kappa shape index (κ3) is 2.62. The molecule has 0 aliphatic carbocycles. The number of hydrogen-bond acceptors (Lipinski definition) is 4. The molecule has 5 nitrogen and oxygen atoms in total. The number of Topliss-reactive ketones (excluding diaryl/α,β-unsaturated/α-hetero) is 1. The summed E-state index contributed by atoms with van der Waals surface area (Å²) in [6.07, 6.45) is 1.51. The number of rotatable bonds is 4. The number of aromatic nitrogens is 1. The van der Waals surface area contributed by atoms with Gasteiger partial charge in [0.25, 0.3) is 5.69 Å². The predicted molar refractivity (Wildman–Crippen MR) is 59.2 cm³/mol. The fourth-order valence-electron chi connectivity index (χ4n) is 1.35. The molecule has 86 valence electrons. The second-order valence-electron chi connectivity index (χ2n) is 3.98. The van der Waals surface area contributed by atoms with Crippen molar-refractivity contribution in [2.45, 2.75) is 27.2 Å². The van der Waals surface area contributed by atoms with E-state index in [1.165, 1.54) is 6.20 Å². The van der Waals surface area contributed by atoms with E-state index in [4.69, 9.17) is 0 Å². The fraction of sp³-hybridized carbons (Fsp3) is 0.455. The molecule has 1 heterocycles. The summed E-state index contributed by atoms with van der Waals surface area (Å²) >= 11 is 0. The van der Waals surface area contributed by atoms with Crippen molar-refractivity contribution in [1.82, 2.24) is 4.98 Å². The van der Waals surface area contributed by atoms with Gasteiger partial charge < -0.3 is 0 Å². The molecule has 0 bridgehead atoms. The first-order valence-corrected chi connectivity index (χ1v) is 5.05. The number of nitro groups is 1. The van der Waals surface area contributed by atoms with Crippen LogP contribution in [0.15, 0.2) is 12.3 Å². The third-order valence-electron chi connectivity index (χ3n) is 2.37. The zero-order valence-electron chi connectivity index (χ0n) is 9.56. The highest BCUT2D eigenvalue weighted by Gasteiger charge is 2.21. The summed E-state index contributed by atoms with van der Waals surface area (Å²) in [4.78, 5) is 25.8. The van der Waals surface area contributed by atoms with Gasteiger partial charge in [-0.05, 0) is 13.0 Å². The Labute approximate surface area is 93.7 Å². The third-order valence-corrected chi connectivity index (χ3v) is 2.37. The van der Waals surface area contributed by atoms with E-state index in [1.807, 2.05) is 0 Å². The van der Waals surface area contributed by atoms with Crippen molar-refractivity contribution in [3.05, 3.63) is 33.6 Å². The smallest absolute Gasteiger partial charge is 0.294 e. The summed E-state index contributed by atoms with van der Waals surface area (Å²) in [5, 5.41) is 10.8. The van der Waals surface area contributed by atoms with E-state index < -0.39 is 4.92 Å². The second kappa shape index (κ2) is 4.83. The topological polar surface area (TPSA) is 73.1 Å². The molecule has 0 fully saturated rings. The van der Waals surface area contributed by atoms with E-state index >= 15 is 0 Å². The van der Waals surface area contributed by atoms with Crippen LogP contribution in [0.1, 0.15) is 25.1 Å². The van der Waals surface area contributed by atoms with Crippen molar-refractivity contribution in [2.75, 3.05) is 0 Å². The molecule has 0 saturated carbocycles. The van der Waals surface area contributed by atoms with E-state index in [9.17, 15) is 14.9 Å². The average molecular weight is 222 g/mol. The quantitative estimate of drug-likeness (QED) is 0.577. The summed E-state index contributed by atoms with van der Waals surface area (Å²) < 4.78 is 0. The van der Waals surface area contributed by atoms with Gasteiger partial charge in [0.2, 0.25) is 0 Å². The number of aryl methyl sites for hydroxylation is 1. The Morgan fingerprint density at radius 2 is 2.19 bits per heavy atom. The van der Waals surface area contributed by atoms with Gasteiger partial charge in [-0.3, -0.25) is 19.9 Å². The lowest BCUT2D eigenvalue weighted by Crippen LogP contribution is -2.13. The van der Waals surface area contributed by atoms with E-state index in [0.29, 0.717) is 5.56 Å². The van der Waals surface area contributed by atoms with Gasteiger partial charge in [0.05, 0.1) is 11.3 Å². The first kappa shape index (κ1) is 12.3. The van der Waals surface area contributed by atoms with Crippen molar-refractivity contribution >= 4 is 11.5 Å². The van der Waals surface area contributed by atoms with E-state index in [0.717, 1.165) is 0 Å². The predicted octanol–water partition coefficient (Wildman–Crippen LogP) is 2.07. The molecule has 16 heavy (non-hydrogen) atoms. The number of ketones is 1. The van der Waals surface area contributed by atoms with Gasteiger partial charge >= 0.3 is 0 Å². The van der Waals surface area contributed by atoms with Gasteiger partial charge in [-0.1, -0.05) is 13.8 Å². The van der Waals surface area contributed by atoms with Crippen LogP contribution in [0.2, 0.25) is 0 Å². The molecule has 0 unspecified atom stereocenters. The summed E-state index contributed by atoms with van der Waals surface area (Å²) in [5.74, 6) is -0.178. The van der Waals surface area contributed by atoms with Crippen LogP contribution < -0.4 is 0 Å². The zero-order chi connectivity index (χ0) is 12.3. The first-order valence-electron chi connectivity index (χ1n) is 5.05. The van der Waals surface area contributed by atoms with Crippen LogP contribution in [0.4, 0.5) is 5.69 Å². The van der Waals surface area contributed by atoms with Crippen LogP contribution in [0.5, 0.6) is 0 Å². The number of carbonyl (C=O) groups is 1. The van der Waals surface area contributed by atoms with E-state index in [-0.39, 0.29) is 29.5 Å². The Kier molecular flexibility index (Phi) is 3.71. The summed E-state index contributed by atoms with van der Waals surface area (Å²) in [6, 6.07) is 1.57. The standard InChI is InChI=1S/C11H14N2O3/c1-7(2)10(14)6-9-11(13(15)16)8(3)4-5-12-9/h4-5,7H,6H2,1-3H3. The lowest BCUT2D eigenvalue weighted by molar-refractivity contribution is -0.386. The summed E-state index contributed by atoms with van der Waals surface area (Å²) in [7, 11) is 0. The van der Waals surface area contributed by atoms with Crippen LogP contribution in [-0.4, -0.2) is 15.7 Å². The minimum atomic E-state index is -0.481. The van der Waals surface area contributed by atoms with Crippen LogP contribution in [0.3, 0.4) is 0 Å². The van der Waals surface area contributed by atoms with Crippen LogP contribution in [0.25, 0.3) is 0 Å². The largest absolute Gasteiger partial charge is 0.299 e. The Hall–Kier alpha value is -1.78. The molecule has 5 heteroatoms. The molecule has 1 rings (SSSR count). The molecule has 0 radical (unpaired) electrons. The van der Waals surface area contributed by atoms with Gasteiger partial charge in [-0.15, -0.1) is 0 Å². The van der Waals surface area contributed by atoms with Crippen molar-refractivity contribution in [2.24, 2.45) is 5.92 Å². The Bertz CT molecular complexity index is 427. The summed E-state index contributed by atoms with van der Waals surface area (Å²) in [5.41, 5.74) is 0.742. The van der Waals surface area contributed by atoms with E-state index in [2.05, 4.69) is 4.98 Å². The van der Waals surface area contributed by atoms with Crippen molar-refractivity contribution in [1.29, 1.82) is 0 Å². The molecule has 0 aliphatic rings. The maximum atomic E-state index is 11.5. The minimum absolute atomic E-state index is 0.0235. The SMILES string of the molecule is Cc1ccnc(CC(=O)C(C)C)c1[N+](=O)[O-]. The highest BCUT2D eigenvalue weighted by atomic mass is 16.6. The highest BCUT2D eigenvalue weighted by molar-refractivity contribution is 5.83. The Morgan fingerprint density at radius 1 is 1.56 bits per heavy atom. The molecule has 0 atom stereocenters. The van der Waals surface area contributed by atoms with Gasteiger partial charge in [-0.2, -0.15) is 0 Å². The number of carbonyl (C=O) groups excluding carboxylic acids is 1. The molecule has 0 amide bonds. The maximum absolute atomic E-state index is 11.5. The maximum Gasteiger partial charge on any atom is 0.294 e. The van der Waals surface area contributed by atoms with Gasteiger partial charge in [0.1, 0.15) is 11.5 Å². The number of pyridine rings is 1. The number of hydrogen-bond donors (Lipinski definition) is 0. The van der Waals surface area contributed by atoms with Crippen molar-refractivity contribution in [3.63, 3.8) is 0 Å². The van der Waals surface area contributed by atoms with Crippen LogP contribution in [0, 0.1) is 23.0 Å². The van der Waals surface area contributed by atoms with Gasteiger partial charge in [-0.25, -0.2) is 0 Å². The summed E-state index contributed by atoms with van der Waals surface area (Å²) in [6.45, 7) is 5.18. The molecule has 1 aromatic heterocycles. The van der Waals surface area contributed by atoms with Crippen molar-refractivity contribution < 1.29 is 9.72 Å². The van der Waals surface area contributed by atoms with Gasteiger partial charge in [0, 0.05) is 17.7 Å². The fourth-order valence-corrected chi connectivity index (χ4v) is 1.35. The Balaban J connectivity index is 3.09. The molecular weight excluding hydrogens is 208 g/mol. The molecule has 0 aliphatic heterocycles. The Morgan fingerprint density at radius 3 is 2.69 bits per heavy atom. The minimum Gasteiger partial charge on any atom is -0.299 e. The monoisotopic (exact) mass is 222 g/mol. The van der Waals surface area contributed by atoms with Crippen LogP contribution >= 0.6 is 0 Å². The molecule has 0 aromatic carbocycles. The lowest BCUT2D eigenvalue weighted by atomic mass is 10.0. The van der Waals surface area contributed by atoms with Crippen molar-refractivity contribution in [3.8, 4) is 0 Å². The lowest BCUT2D eigenvalue weighted by Gasteiger charge is -2.05. The first-order chi connectivity index (χ1) is 7.43. The second-order valence-corrected chi connectivity index (χ2v) is 3.98. The zero-order valence-corrected chi connectivity index (χ0v) is 9.56. The molecule has 0 spiro atoms.